The number of aromatic nitrogens is 4. The van der Waals surface area contributed by atoms with E-state index in [0.717, 1.165) is 47.2 Å². The number of fused-ring (bicyclic) bond motifs is 1. The van der Waals surface area contributed by atoms with Crippen molar-refractivity contribution < 1.29 is 4.74 Å². The number of hydrogen-bond acceptors (Lipinski definition) is 3. The molecule has 0 N–H and O–H groups in total. The number of methoxy groups -OCH3 is 1. The van der Waals surface area contributed by atoms with E-state index >= 15 is 0 Å². The maximum absolute atomic E-state index is 5.65. The SMILES string of the molecule is COc1cc(C=Cc2nc(-c3ccccc3)c3n2CCCC3)ccc1-n1cnc(C)c1. The topological polar surface area (TPSA) is 44.9 Å². The molecule has 1 aliphatic heterocycles. The summed E-state index contributed by atoms with van der Waals surface area (Å²) in [6, 6.07) is 16.7. The average Bonchev–Trinajstić information content (AvgIpc) is 3.42. The molecule has 0 atom stereocenters. The lowest BCUT2D eigenvalue weighted by Crippen LogP contribution is -2.11. The minimum atomic E-state index is 0.815. The van der Waals surface area contributed by atoms with Crippen LogP contribution in [0.15, 0.2) is 61.1 Å². The second-order valence-electron chi connectivity index (χ2n) is 7.93. The number of aryl methyl sites for hydroxylation is 1. The van der Waals surface area contributed by atoms with Crippen LogP contribution in [0.3, 0.4) is 0 Å². The minimum Gasteiger partial charge on any atom is -0.495 e. The Labute approximate surface area is 182 Å². The van der Waals surface area contributed by atoms with Gasteiger partial charge in [0.15, 0.2) is 0 Å². The number of hydrogen-bond donors (Lipinski definition) is 0. The average molecular weight is 411 g/mol. The quantitative estimate of drug-likeness (QED) is 0.433. The van der Waals surface area contributed by atoms with E-state index in [1.54, 1.807) is 7.11 Å². The minimum absolute atomic E-state index is 0.815. The second kappa shape index (κ2) is 8.26. The van der Waals surface area contributed by atoms with Crippen LogP contribution in [0.4, 0.5) is 0 Å². The lowest BCUT2D eigenvalue weighted by atomic mass is 10.0. The molecule has 0 bridgehead atoms. The van der Waals surface area contributed by atoms with E-state index in [-0.39, 0.29) is 0 Å². The van der Waals surface area contributed by atoms with E-state index in [1.165, 1.54) is 24.1 Å². The van der Waals surface area contributed by atoms with Gasteiger partial charge in [0.05, 0.1) is 30.5 Å². The highest BCUT2D eigenvalue weighted by atomic mass is 16.5. The predicted octanol–water partition coefficient (Wildman–Crippen LogP) is 5.56. The molecule has 2 aromatic carbocycles. The summed E-state index contributed by atoms with van der Waals surface area (Å²) in [7, 11) is 1.70. The van der Waals surface area contributed by atoms with Crippen LogP contribution in [0.1, 0.15) is 35.6 Å². The summed E-state index contributed by atoms with van der Waals surface area (Å²) in [5, 5.41) is 0. The van der Waals surface area contributed by atoms with E-state index in [4.69, 9.17) is 9.72 Å². The van der Waals surface area contributed by atoms with Crippen LogP contribution in [0, 0.1) is 6.92 Å². The van der Waals surface area contributed by atoms with Gasteiger partial charge in [-0.25, -0.2) is 9.97 Å². The third kappa shape index (κ3) is 3.79. The van der Waals surface area contributed by atoms with Gasteiger partial charge in [0.25, 0.3) is 0 Å². The molecule has 4 aromatic rings. The Morgan fingerprint density at radius 1 is 1.03 bits per heavy atom. The summed E-state index contributed by atoms with van der Waals surface area (Å²) in [5.74, 6) is 1.83. The van der Waals surface area contributed by atoms with Crippen LogP contribution in [0.5, 0.6) is 5.75 Å². The lowest BCUT2D eigenvalue weighted by Gasteiger charge is -2.16. The molecule has 1 aliphatic rings. The lowest BCUT2D eigenvalue weighted by molar-refractivity contribution is 0.413. The van der Waals surface area contributed by atoms with Crippen molar-refractivity contribution in [3.63, 3.8) is 0 Å². The predicted molar refractivity (Wildman–Crippen MR) is 124 cm³/mol. The molecule has 31 heavy (non-hydrogen) atoms. The standard InChI is InChI=1S/C26H26N4O/c1-19-17-29(18-27-19)22-13-11-20(16-24(22)31-2)12-14-25-28-26(21-8-4-3-5-9-21)23-10-6-7-15-30(23)25/h3-5,8-9,11-14,16-18H,6-7,10,15H2,1-2H3. The molecule has 0 saturated carbocycles. The van der Waals surface area contributed by atoms with Crippen molar-refractivity contribution in [3.05, 3.63) is 83.8 Å². The summed E-state index contributed by atoms with van der Waals surface area (Å²) in [6.45, 7) is 3.01. The highest BCUT2D eigenvalue weighted by molar-refractivity contribution is 5.72. The fourth-order valence-corrected chi connectivity index (χ4v) is 4.26. The van der Waals surface area contributed by atoms with Gasteiger partial charge in [-0.05, 0) is 50.0 Å². The zero-order chi connectivity index (χ0) is 21.2. The summed E-state index contributed by atoms with van der Waals surface area (Å²) in [4.78, 5) is 9.34. The van der Waals surface area contributed by atoms with Crippen LogP contribution in [0.25, 0.3) is 29.1 Å². The Balaban J connectivity index is 1.49. The fraction of sp³-hybridized carbons (Fsp3) is 0.231. The molecule has 156 valence electrons. The number of nitrogens with zero attached hydrogens (tertiary/aromatic N) is 4. The molecular weight excluding hydrogens is 384 g/mol. The van der Waals surface area contributed by atoms with Gasteiger partial charge in [0.1, 0.15) is 11.6 Å². The van der Waals surface area contributed by atoms with E-state index in [9.17, 15) is 0 Å². The molecule has 3 heterocycles. The first-order chi connectivity index (χ1) is 15.2. The Morgan fingerprint density at radius 2 is 1.90 bits per heavy atom. The molecule has 5 rings (SSSR count). The molecule has 0 spiro atoms. The van der Waals surface area contributed by atoms with Crippen LogP contribution in [-0.4, -0.2) is 26.2 Å². The van der Waals surface area contributed by atoms with Crippen LogP contribution < -0.4 is 4.74 Å². The first kappa shape index (κ1) is 19.4. The number of ether oxygens (including phenoxy) is 1. The summed E-state index contributed by atoms with van der Waals surface area (Å²) < 4.78 is 10.0. The number of rotatable bonds is 5. The van der Waals surface area contributed by atoms with Crippen molar-refractivity contribution in [2.45, 2.75) is 32.7 Å². The van der Waals surface area contributed by atoms with Gasteiger partial charge in [0, 0.05) is 24.0 Å². The monoisotopic (exact) mass is 410 g/mol. The van der Waals surface area contributed by atoms with Gasteiger partial charge in [-0.2, -0.15) is 0 Å². The maximum Gasteiger partial charge on any atom is 0.143 e. The van der Waals surface area contributed by atoms with E-state index in [1.807, 2.05) is 24.0 Å². The van der Waals surface area contributed by atoms with E-state index in [0.29, 0.717) is 0 Å². The van der Waals surface area contributed by atoms with Crippen LogP contribution in [0.2, 0.25) is 0 Å². The van der Waals surface area contributed by atoms with E-state index in [2.05, 4.69) is 70.2 Å². The summed E-state index contributed by atoms with van der Waals surface area (Å²) in [6.07, 6.45) is 11.5. The fourth-order valence-electron chi connectivity index (χ4n) is 4.26. The molecule has 0 unspecified atom stereocenters. The zero-order valence-corrected chi connectivity index (χ0v) is 18.0. The third-order valence-corrected chi connectivity index (χ3v) is 5.81. The maximum atomic E-state index is 5.65. The van der Waals surface area contributed by atoms with Crippen molar-refractivity contribution in [1.29, 1.82) is 0 Å². The molecule has 0 aliphatic carbocycles. The molecular formula is C26H26N4O. The smallest absolute Gasteiger partial charge is 0.143 e. The number of benzene rings is 2. The van der Waals surface area contributed by atoms with Gasteiger partial charge < -0.3 is 13.9 Å². The Morgan fingerprint density at radius 3 is 2.68 bits per heavy atom. The Kier molecular flexibility index (Phi) is 5.16. The molecule has 0 saturated heterocycles. The van der Waals surface area contributed by atoms with Crippen molar-refractivity contribution in [1.82, 2.24) is 19.1 Å². The Bertz CT molecular complexity index is 1230. The zero-order valence-electron chi connectivity index (χ0n) is 18.0. The Hall–Kier alpha value is -3.60. The normalized spacial score (nSPS) is 13.5. The molecule has 0 amide bonds. The van der Waals surface area contributed by atoms with Gasteiger partial charge in [-0.15, -0.1) is 0 Å². The molecule has 2 aromatic heterocycles. The molecule has 5 nitrogen and oxygen atoms in total. The highest BCUT2D eigenvalue weighted by Crippen LogP contribution is 2.30. The molecule has 5 heteroatoms. The first-order valence-corrected chi connectivity index (χ1v) is 10.7. The molecule has 0 radical (unpaired) electrons. The van der Waals surface area contributed by atoms with Gasteiger partial charge >= 0.3 is 0 Å². The van der Waals surface area contributed by atoms with Crippen LogP contribution >= 0.6 is 0 Å². The van der Waals surface area contributed by atoms with Crippen molar-refractivity contribution in [2.75, 3.05) is 7.11 Å². The molecule has 0 fully saturated rings. The third-order valence-electron chi connectivity index (χ3n) is 5.81. The number of imidazole rings is 2. The largest absolute Gasteiger partial charge is 0.495 e. The first-order valence-electron chi connectivity index (χ1n) is 10.7. The second-order valence-corrected chi connectivity index (χ2v) is 7.93. The van der Waals surface area contributed by atoms with Crippen molar-refractivity contribution >= 4 is 12.2 Å². The van der Waals surface area contributed by atoms with Crippen molar-refractivity contribution in [2.24, 2.45) is 0 Å². The van der Waals surface area contributed by atoms with Gasteiger partial charge in [-0.3, -0.25) is 0 Å². The summed E-state index contributed by atoms with van der Waals surface area (Å²) >= 11 is 0. The summed E-state index contributed by atoms with van der Waals surface area (Å²) in [5.41, 5.74) is 6.68. The van der Waals surface area contributed by atoms with E-state index < -0.39 is 0 Å². The highest BCUT2D eigenvalue weighted by Gasteiger charge is 2.19. The van der Waals surface area contributed by atoms with Gasteiger partial charge in [0.2, 0.25) is 0 Å². The van der Waals surface area contributed by atoms with Gasteiger partial charge in [-0.1, -0.05) is 42.5 Å². The van der Waals surface area contributed by atoms with Crippen molar-refractivity contribution in [3.8, 4) is 22.7 Å². The van der Waals surface area contributed by atoms with Crippen LogP contribution in [-0.2, 0) is 13.0 Å².